The highest BCUT2D eigenvalue weighted by molar-refractivity contribution is 5.79. The number of carboxylic acids is 1. The van der Waals surface area contributed by atoms with E-state index in [1.165, 1.54) is 0 Å². The molecule has 2 amide bonds. The molecule has 3 atom stereocenters. The summed E-state index contributed by atoms with van der Waals surface area (Å²) in [6.07, 6.45) is 0.535. The van der Waals surface area contributed by atoms with Crippen LogP contribution in [0, 0.1) is 0 Å². The highest BCUT2D eigenvalue weighted by Crippen LogP contribution is 2.29. The van der Waals surface area contributed by atoms with Gasteiger partial charge >= 0.3 is 12.0 Å². The summed E-state index contributed by atoms with van der Waals surface area (Å²) in [5, 5.41) is 12.7. The van der Waals surface area contributed by atoms with Gasteiger partial charge in [0.25, 0.3) is 0 Å². The zero-order valence-corrected chi connectivity index (χ0v) is 12.7. The summed E-state index contributed by atoms with van der Waals surface area (Å²) in [7, 11) is 0. The minimum Gasteiger partial charge on any atom is -0.480 e. The molecule has 0 radical (unpaired) electrons. The Kier molecular flexibility index (Phi) is 3.79. The van der Waals surface area contributed by atoms with Crippen LogP contribution in [0.5, 0.6) is 0 Å². The van der Waals surface area contributed by atoms with E-state index in [9.17, 15) is 14.7 Å². The van der Waals surface area contributed by atoms with Crippen LogP contribution in [0.25, 0.3) is 0 Å². The fourth-order valence-electron chi connectivity index (χ4n) is 3.83. The van der Waals surface area contributed by atoms with Crippen LogP contribution in [-0.2, 0) is 4.79 Å². The van der Waals surface area contributed by atoms with Crippen LogP contribution in [0.15, 0.2) is 0 Å². The SMILES string of the molecule is CC(C)N1CC(N2CC3CNCCN3C2=O)C[C@@H]1C(=O)O. The molecule has 0 saturated carbocycles. The van der Waals surface area contributed by atoms with Crippen LogP contribution >= 0.6 is 0 Å². The van der Waals surface area contributed by atoms with Crippen molar-refractivity contribution in [1.82, 2.24) is 20.0 Å². The van der Waals surface area contributed by atoms with E-state index in [0.717, 1.165) is 26.2 Å². The summed E-state index contributed by atoms with van der Waals surface area (Å²) >= 11 is 0. The van der Waals surface area contributed by atoms with Crippen molar-refractivity contribution in [2.75, 3.05) is 32.7 Å². The standard InChI is InChI=1S/C14H24N4O3/c1-9(2)17-7-10(5-12(17)13(19)20)18-8-11-6-15-3-4-16(11)14(18)21/h9-12,15H,3-8H2,1-2H3,(H,19,20)/t10?,11?,12-/m1/s1. The summed E-state index contributed by atoms with van der Waals surface area (Å²) in [6, 6.07) is 0.0482. The number of rotatable bonds is 3. The van der Waals surface area contributed by atoms with E-state index in [-0.39, 0.29) is 24.2 Å². The van der Waals surface area contributed by atoms with Crippen molar-refractivity contribution in [2.45, 2.75) is 44.4 Å². The zero-order chi connectivity index (χ0) is 15.1. The van der Waals surface area contributed by atoms with E-state index in [2.05, 4.69) is 5.32 Å². The molecule has 118 valence electrons. The van der Waals surface area contributed by atoms with Gasteiger partial charge in [0, 0.05) is 44.8 Å². The predicted molar refractivity (Wildman–Crippen MR) is 77.1 cm³/mol. The number of nitrogens with one attached hydrogen (secondary N) is 1. The van der Waals surface area contributed by atoms with Crippen molar-refractivity contribution in [3.05, 3.63) is 0 Å². The molecule has 0 aromatic rings. The van der Waals surface area contributed by atoms with Gasteiger partial charge in [0.15, 0.2) is 0 Å². The number of aliphatic carboxylic acids is 1. The number of carboxylic acid groups (broad SMARTS) is 1. The van der Waals surface area contributed by atoms with Gasteiger partial charge in [0.1, 0.15) is 6.04 Å². The molecule has 0 aromatic carbocycles. The first-order valence-corrected chi connectivity index (χ1v) is 7.75. The van der Waals surface area contributed by atoms with E-state index in [4.69, 9.17) is 0 Å². The van der Waals surface area contributed by atoms with Crippen molar-refractivity contribution >= 4 is 12.0 Å². The Morgan fingerprint density at radius 1 is 1.29 bits per heavy atom. The van der Waals surface area contributed by atoms with Gasteiger partial charge in [0.05, 0.1) is 6.04 Å². The number of likely N-dealkylation sites (tertiary alicyclic amines) is 1. The summed E-state index contributed by atoms with van der Waals surface area (Å²) in [4.78, 5) is 29.8. The monoisotopic (exact) mass is 296 g/mol. The molecule has 21 heavy (non-hydrogen) atoms. The molecule has 0 bridgehead atoms. The number of amides is 2. The first-order valence-electron chi connectivity index (χ1n) is 7.75. The van der Waals surface area contributed by atoms with Crippen LogP contribution in [0.1, 0.15) is 20.3 Å². The Morgan fingerprint density at radius 3 is 2.62 bits per heavy atom. The third-order valence-electron chi connectivity index (χ3n) is 4.96. The Balaban J connectivity index is 1.73. The molecule has 3 aliphatic rings. The molecule has 7 nitrogen and oxygen atoms in total. The molecule has 2 N–H and O–H groups in total. The number of fused-ring (bicyclic) bond motifs is 1. The minimum atomic E-state index is -0.780. The molecule has 0 aliphatic carbocycles. The second-order valence-electron chi connectivity index (χ2n) is 6.52. The molecule has 7 heteroatoms. The number of piperazine rings is 1. The average molecular weight is 296 g/mol. The maximum absolute atomic E-state index is 12.5. The third kappa shape index (κ3) is 2.48. The Morgan fingerprint density at radius 2 is 2.05 bits per heavy atom. The Labute approximate surface area is 124 Å². The van der Waals surface area contributed by atoms with E-state index in [0.29, 0.717) is 13.0 Å². The lowest BCUT2D eigenvalue weighted by atomic mass is 10.1. The van der Waals surface area contributed by atoms with Crippen LogP contribution < -0.4 is 5.32 Å². The number of hydrogen-bond acceptors (Lipinski definition) is 4. The molecule has 2 unspecified atom stereocenters. The molecule has 0 spiro atoms. The van der Waals surface area contributed by atoms with Gasteiger partial charge in [-0.1, -0.05) is 0 Å². The van der Waals surface area contributed by atoms with E-state index in [1.54, 1.807) is 0 Å². The summed E-state index contributed by atoms with van der Waals surface area (Å²) in [6.45, 7) is 7.84. The summed E-state index contributed by atoms with van der Waals surface area (Å²) < 4.78 is 0. The maximum atomic E-state index is 12.5. The molecular weight excluding hydrogens is 272 g/mol. The first kappa shape index (κ1) is 14.6. The lowest BCUT2D eigenvalue weighted by molar-refractivity contribution is -0.142. The largest absolute Gasteiger partial charge is 0.480 e. The van der Waals surface area contributed by atoms with E-state index >= 15 is 0 Å². The lowest BCUT2D eigenvalue weighted by Crippen LogP contribution is -2.50. The Bertz CT molecular complexity index is 442. The smallest absolute Gasteiger partial charge is 0.321 e. The van der Waals surface area contributed by atoms with E-state index in [1.807, 2.05) is 28.5 Å². The van der Waals surface area contributed by atoms with Crippen LogP contribution in [0.4, 0.5) is 4.79 Å². The van der Waals surface area contributed by atoms with Gasteiger partial charge in [-0.05, 0) is 20.3 Å². The van der Waals surface area contributed by atoms with Crippen molar-refractivity contribution in [3.8, 4) is 0 Å². The minimum absolute atomic E-state index is 0.0200. The average Bonchev–Trinajstić information content (AvgIpc) is 3.01. The molecule has 3 aliphatic heterocycles. The highest BCUT2D eigenvalue weighted by Gasteiger charge is 2.47. The lowest BCUT2D eigenvalue weighted by Gasteiger charge is -2.28. The molecule has 3 saturated heterocycles. The molecule has 3 rings (SSSR count). The zero-order valence-electron chi connectivity index (χ0n) is 12.7. The van der Waals surface area contributed by atoms with Crippen molar-refractivity contribution in [3.63, 3.8) is 0 Å². The molecule has 0 aromatic heterocycles. The predicted octanol–water partition coefficient (Wildman–Crippen LogP) is -0.368. The van der Waals surface area contributed by atoms with Gasteiger partial charge < -0.3 is 20.2 Å². The van der Waals surface area contributed by atoms with E-state index < -0.39 is 12.0 Å². The highest BCUT2D eigenvalue weighted by atomic mass is 16.4. The normalized spacial score (nSPS) is 33.9. The van der Waals surface area contributed by atoms with Crippen LogP contribution in [-0.4, -0.2) is 88.7 Å². The number of carbonyl (C=O) groups is 2. The summed E-state index contributed by atoms with van der Waals surface area (Å²) in [5.74, 6) is -0.780. The van der Waals surface area contributed by atoms with Crippen LogP contribution in [0.2, 0.25) is 0 Å². The van der Waals surface area contributed by atoms with Crippen molar-refractivity contribution in [2.24, 2.45) is 0 Å². The van der Waals surface area contributed by atoms with Gasteiger partial charge in [-0.2, -0.15) is 0 Å². The van der Waals surface area contributed by atoms with Gasteiger partial charge in [-0.3, -0.25) is 9.69 Å². The molecule has 3 fully saturated rings. The molecule has 3 heterocycles. The second kappa shape index (κ2) is 5.46. The van der Waals surface area contributed by atoms with Gasteiger partial charge in [0.2, 0.25) is 0 Å². The molecular formula is C14H24N4O3. The van der Waals surface area contributed by atoms with Crippen molar-refractivity contribution in [1.29, 1.82) is 0 Å². The van der Waals surface area contributed by atoms with Gasteiger partial charge in [-0.15, -0.1) is 0 Å². The third-order valence-corrected chi connectivity index (χ3v) is 4.96. The van der Waals surface area contributed by atoms with Crippen LogP contribution in [0.3, 0.4) is 0 Å². The number of carbonyl (C=O) groups excluding carboxylic acids is 1. The maximum Gasteiger partial charge on any atom is 0.321 e. The number of urea groups is 1. The van der Waals surface area contributed by atoms with Crippen molar-refractivity contribution < 1.29 is 14.7 Å². The second-order valence-corrected chi connectivity index (χ2v) is 6.52. The number of hydrogen-bond donors (Lipinski definition) is 2. The fourth-order valence-corrected chi connectivity index (χ4v) is 3.83. The quantitative estimate of drug-likeness (QED) is 0.743. The first-order chi connectivity index (χ1) is 9.99. The number of nitrogens with zero attached hydrogens (tertiary/aromatic N) is 3. The summed E-state index contributed by atoms with van der Waals surface area (Å²) in [5.41, 5.74) is 0. The fraction of sp³-hybridized carbons (Fsp3) is 0.857. The Hall–Kier alpha value is -1.34. The van der Waals surface area contributed by atoms with Gasteiger partial charge in [-0.25, -0.2) is 4.79 Å². The topological polar surface area (TPSA) is 76.1 Å².